The molecular formula is C21H23NO3. The van der Waals surface area contributed by atoms with Crippen molar-refractivity contribution in [3.63, 3.8) is 0 Å². The van der Waals surface area contributed by atoms with Gasteiger partial charge in [-0.2, -0.15) is 0 Å². The van der Waals surface area contributed by atoms with Crippen LogP contribution in [0.1, 0.15) is 29.5 Å². The van der Waals surface area contributed by atoms with Crippen molar-refractivity contribution in [2.24, 2.45) is 0 Å². The van der Waals surface area contributed by atoms with Crippen LogP contribution in [0, 0.1) is 0 Å². The van der Waals surface area contributed by atoms with Gasteiger partial charge in [0.25, 0.3) is 5.91 Å². The summed E-state index contributed by atoms with van der Waals surface area (Å²) in [5.74, 6) is 0.192. The average molecular weight is 337 g/mol. The third kappa shape index (κ3) is 4.27. The molecule has 0 N–H and O–H groups in total. The minimum Gasteiger partial charge on any atom is -0.497 e. The number of hydrogen-bond donors (Lipinski definition) is 0. The quantitative estimate of drug-likeness (QED) is 0.761. The molecule has 1 aliphatic rings. The number of methoxy groups -OCH3 is 1. The largest absolute Gasteiger partial charge is 0.497 e. The number of Topliss-reactive ketones (excluding diaryl/α,β-unsaturated/α-hetero) is 1. The van der Waals surface area contributed by atoms with Crippen molar-refractivity contribution >= 4 is 11.7 Å². The number of carbonyl (C=O) groups is 2. The van der Waals surface area contributed by atoms with E-state index in [1.807, 2.05) is 42.5 Å². The summed E-state index contributed by atoms with van der Waals surface area (Å²) in [5, 5.41) is 0. The minimum atomic E-state index is -0.343. The number of rotatable bonds is 6. The van der Waals surface area contributed by atoms with E-state index in [0.717, 1.165) is 29.7 Å². The standard InChI is InChI=1S/C21H23NO3/c1-25-19-11-9-16(10-12-19)5-4-8-20(23)21(24)22-14-13-17-6-2-3-7-18(17)15-22/h2-3,6-7,9-12H,4-5,8,13-15H2,1H3. The van der Waals surface area contributed by atoms with Crippen LogP contribution in [0.3, 0.4) is 0 Å². The summed E-state index contributed by atoms with van der Waals surface area (Å²) in [6, 6.07) is 15.9. The first kappa shape index (κ1) is 17.2. The van der Waals surface area contributed by atoms with Crippen molar-refractivity contribution in [1.82, 2.24) is 4.90 Å². The molecule has 0 spiro atoms. The maximum absolute atomic E-state index is 12.4. The molecule has 1 amide bonds. The van der Waals surface area contributed by atoms with Crippen LogP contribution >= 0.6 is 0 Å². The molecule has 1 aliphatic heterocycles. The molecule has 3 rings (SSSR count). The molecule has 0 aliphatic carbocycles. The van der Waals surface area contributed by atoms with Gasteiger partial charge in [-0.3, -0.25) is 9.59 Å². The molecule has 25 heavy (non-hydrogen) atoms. The van der Waals surface area contributed by atoms with Crippen molar-refractivity contribution in [2.45, 2.75) is 32.2 Å². The summed E-state index contributed by atoms with van der Waals surface area (Å²) in [6.07, 6.45) is 2.58. The first-order valence-electron chi connectivity index (χ1n) is 8.69. The average Bonchev–Trinajstić information content (AvgIpc) is 2.67. The summed E-state index contributed by atoms with van der Waals surface area (Å²) in [4.78, 5) is 26.3. The van der Waals surface area contributed by atoms with E-state index in [4.69, 9.17) is 4.74 Å². The molecule has 0 radical (unpaired) electrons. The normalized spacial score (nSPS) is 13.2. The van der Waals surface area contributed by atoms with Gasteiger partial charge in [0.1, 0.15) is 5.75 Å². The van der Waals surface area contributed by atoms with E-state index in [-0.39, 0.29) is 11.7 Å². The van der Waals surface area contributed by atoms with Crippen LogP contribution < -0.4 is 4.74 Å². The lowest BCUT2D eigenvalue weighted by atomic mass is 9.99. The van der Waals surface area contributed by atoms with Gasteiger partial charge >= 0.3 is 0 Å². The number of aryl methyl sites for hydroxylation is 1. The molecule has 0 atom stereocenters. The Kier molecular flexibility index (Phi) is 5.49. The second-order valence-electron chi connectivity index (χ2n) is 6.37. The Labute approximate surface area is 148 Å². The number of hydrogen-bond acceptors (Lipinski definition) is 3. The van der Waals surface area contributed by atoms with Gasteiger partial charge in [-0.25, -0.2) is 0 Å². The van der Waals surface area contributed by atoms with Crippen LogP contribution in [0.25, 0.3) is 0 Å². The van der Waals surface area contributed by atoms with Crippen molar-refractivity contribution < 1.29 is 14.3 Å². The fourth-order valence-electron chi connectivity index (χ4n) is 3.20. The Balaban J connectivity index is 1.49. The molecule has 4 heteroatoms. The fraction of sp³-hybridized carbons (Fsp3) is 0.333. The van der Waals surface area contributed by atoms with Gasteiger partial charge in [0.2, 0.25) is 5.78 Å². The van der Waals surface area contributed by atoms with Gasteiger partial charge in [-0.05, 0) is 48.1 Å². The molecule has 4 nitrogen and oxygen atoms in total. The number of amides is 1. The topological polar surface area (TPSA) is 46.6 Å². The van der Waals surface area contributed by atoms with E-state index in [2.05, 4.69) is 6.07 Å². The van der Waals surface area contributed by atoms with Gasteiger partial charge < -0.3 is 9.64 Å². The Morgan fingerprint density at radius 2 is 1.76 bits per heavy atom. The van der Waals surface area contributed by atoms with E-state index in [1.54, 1.807) is 12.0 Å². The van der Waals surface area contributed by atoms with Gasteiger partial charge in [0.15, 0.2) is 0 Å². The highest BCUT2D eigenvalue weighted by atomic mass is 16.5. The van der Waals surface area contributed by atoms with E-state index in [1.165, 1.54) is 5.56 Å². The van der Waals surface area contributed by atoms with Crippen molar-refractivity contribution in [2.75, 3.05) is 13.7 Å². The van der Waals surface area contributed by atoms with Crippen molar-refractivity contribution in [1.29, 1.82) is 0 Å². The zero-order valence-electron chi connectivity index (χ0n) is 14.5. The first-order chi connectivity index (χ1) is 12.2. The van der Waals surface area contributed by atoms with Crippen LogP contribution in [0.15, 0.2) is 48.5 Å². The molecule has 130 valence electrons. The summed E-state index contributed by atoms with van der Waals surface area (Å²) in [7, 11) is 1.64. The summed E-state index contributed by atoms with van der Waals surface area (Å²) >= 11 is 0. The Morgan fingerprint density at radius 3 is 2.48 bits per heavy atom. The number of ketones is 1. The number of fused-ring (bicyclic) bond motifs is 1. The molecule has 0 bridgehead atoms. The number of nitrogens with zero attached hydrogens (tertiary/aromatic N) is 1. The highest BCUT2D eigenvalue weighted by Crippen LogP contribution is 2.19. The Hall–Kier alpha value is -2.62. The molecule has 0 saturated carbocycles. The zero-order valence-corrected chi connectivity index (χ0v) is 14.5. The number of ether oxygens (including phenoxy) is 1. The maximum atomic E-state index is 12.4. The molecule has 2 aromatic rings. The molecule has 1 heterocycles. The minimum absolute atomic E-state index is 0.284. The molecule has 0 fully saturated rings. The van der Waals surface area contributed by atoms with Gasteiger partial charge in [0, 0.05) is 19.5 Å². The predicted molar refractivity (Wildman–Crippen MR) is 96.5 cm³/mol. The predicted octanol–water partition coefficient (Wildman–Crippen LogP) is 3.17. The summed E-state index contributed by atoms with van der Waals surface area (Å²) in [6.45, 7) is 1.17. The van der Waals surface area contributed by atoms with Crippen molar-refractivity contribution in [3.8, 4) is 5.75 Å². The van der Waals surface area contributed by atoms with E-state index in [0.29, 0.717) is 25.9 Å². The van der Waals surface area contributed by atoms with E-state index in [9.17, 15) is 9.59 Å². The third-order valence-electron chi connectivity index (χ3n) is 4.68. The summed E-state index contributed by atoms with van der Waals surface area (Å²) < 4.78 is 5.13. The van der Waals surface area contributed by atoms with Crippen molar-refractivity contribution in [3.05, 3.63) is 65.2 Å². The number of carbonyl (C=O) groups excluding carboxylic acids is 2. The van der Waals surface area contributed by atoms with Crippen LogP contribution in [0.5, 0.6) is 5.75 Å². The monoisotopic (exact) mass is 337 g/mol. The van der Waals surface area contributed by atoms with E-state index >= 15 is 0 Å². The van der Waals surface area contributed by atoms with Crippen LogP contribution in [-0.4, -0.2) is 30.2 Å². The fourth-order valence-corrected chi connectivity index (χ4v) is 3.20. The third-order valence-corrected chi connectivity index (χ3v) is 4.68. The molecule has 0 saturated heterocycles. The van der Waals surface area contributed by atoms with Gasteiger partial charge in [-0.15, -0.1) is 0 Å². The second-order valence-corrected chi connectivity index (χ2v) is 6.37. The molecule has 2 aromatic carbocycles. The summed E-state index contributed by atoms with van der Waals surface area (Å²) in [5.41, 5.74) is 3.57. The van der Waals surface area contributed by atoms with Crippen LogP contribution in [0.4, 0.5) is 0 Å². The molecule has 0 unspecified atom stereocenters. The smallest absolute Gasteiger partial charge is 0.290 e. The van der Waals surface area contributed by atoms with Gasteiger partial charge in [-0.1, -0.05) is 36.4 Å². The first-order valence-corrected chi connectivity index (χ1v) is 8.69. The highest BCUT2D eigenvalue weighted by Gasteiger charge is 2.24. The second kappa shape index (κ2) is 7.97. The SMILES string of the molecule is COc1ccc(CCCC(=O)C(=O)N2CCc3ccccc3C2)cc1. The van der Waals surface area contributed by atoms with Crippen LogP contribution in [-0.2, 0) is 29.0 Å². The Bertz CT molecular complexity index is 752. The lowest BCUT2D eigenvalue weighted by molar-refractivity contribution is -0.145. The molecular weight excluding hydrogens is 314 g/mol. The van der Waals surface area contributed by atoms with Gasteiger partial charge in [0.05, 0.1) is 7.11 Å². The zero-order chi connectivity index (χ0) is 17.6. The molecule has 0 aromatic heterocycles. The number of benzene rings is 2. The Morgan fingerprint density at radius 1 is 1.04 bits per heavy atom. The van der Waals surface area contributed by atoms with Crippen LogP contribution in [0.2, 0.25) is 0 Å². The lowest BCUT2D eigenvalue weighted by Crippen LogP contribution is -2.40. The maximum Gasteiger partial charge on any atom is 0.290 e. The lowest BCUT2D eigenvalue weighted by Gasteiger charge is -2.28. The highest BCUT2D eigenvalue weighted by molar-refractivity contribution is 6.36. The van der Waals surface area contributed by atoms with E-state index < -0.39 is 0 Å².